The summed E-state index contributed by atoms with van der Waals surface area (Å²) in [6.07, 6.45) is 2.63. The third kappa shape index (κ3) is 4.91. The molecule has 1 fully saturated rings. The van der Waals surface area contributed by atoms with E-state index in [0.717, 1.165) is 37.0 Å². The standard InChI is InChI=1S/C19H27N3O/c1-16-11-19(20-23-16)15-21(2)12-18-9-6-10-22(14-18)13-17-7-4-3-5-8-17/h3-5,7-8,11,18H,6,9-10,12-15H2,1-2H3. The van der Waals surface area contributed by atoms with Gasteiger partial charge in [0.25, 0.3) is 0 Å². The van der Waals surface area contributed by atoms with Crippen molar-refractivity contribution in [3.8, 4) is 0 Å². The van der Waals surface area contributed by atoms with Gasteiger partial charge in [-0.3, -0.25) is 4.90 Å². The summed E-state index contributed by atoms with van der Waals surface area (Å²) in [6.45, 7) is 7.42. The Morgan fingerprint density at radius 3 is 2.87 bits per heavy atom. The van der Waals surface area contributed by atoms with Gasteiger partial charge < -0.3 is 9.42 Å². The smallest absolute Gasteiger partial charge is 0.133 e. The molecule has 1 atom stereocenters. The molecule has 1 aliphatic rings. The number of hydrogen-bond donors (Lipinski definition) is 0. The van der Waals surface area contributed by atoms with Crippen molar-refractivity contribution in [2.45, 2.75) is 32.9 Å². The van der Waals surface area contributed by atoms with Gasteiger partial charge in [-0.05, 0) is 44.8 Å². The van der Waals surface area contributed by atoms with Crippen LogP contribution in [0, 0.1) is 12.8 Å². The molecule has 0 aliphatic carbocycles. The SMILES string of the molecule is Cc1cc(CN(C)CC2CCCN(Cc3ccccc3)C2)no1. The van der Waals surface area contributed by atoms with Crippen molar-refractivity contribution < 1.29 is 4.52 Å². The summed E-state index contributed by atoms with van der Waals surface area (Å²) in [5.41, 5.74) is 2.45. The van der Waals surface area contributed by atoms with Crippen molar-refractivity contribution >= 4 is 0 Å². The van der Waals surface area contributed by atoms with E-state index in [2.05, 4.69) is 52.3 Å². The van der Waals surface area contributed by atoms with Crippen LogP contribution in [0.1, 0.15) is 29.9 Å². The van der Waals surface area contributed by atoms with Gasteiger partial charge in [0.2, 0.25) is 0 Å². The Bertz CT molecular complexity index is 596. The van der Waals surface area contributed by atoms with Crippen LogP contribution in [0.15, 0.2) is 40.9 Å². The average molecular weight is 313 g/mol. The Balaban J connectivity index is 1.48. The summed E-state index contributed by atoms with van der Waals surface area (Å²) >= 11 is 0. The van der Waals surface area contributed by atoms with Gasteiger partial charge in [-0.15, -0.1) is 0 Å². The van der Waals surface area contributed by atoms with E-state index in [1.807, 2.05) is 13.0 Å². The first-order valence-electron chi connectivity index (χ1n) is 8.56. The predicted molar refractivity (Wildman–Crippen MR) is 92.0 cm³/mol. The Hall–Kier alpha value is -1.65. The van der Waals surface area contributed by atoms with E-state index in [-0.39, 0.29) is 0 Å². The zero-order valence-corrected chi connectivity index (χ0v) is 14.2. The van der Waals surface area contributed by atoms with Crippen LogP contribution in [0.2, 0.25) is 0 Å². The number of benzene rings is 1. The van der Waals surface area contributed by atoms with Crippen LogP contribution < -0.4 is 0 Å². The first-order valence-corrected chi connectivity index (χ1v) is 8.56. The van der Waals surface area contributed by atoms with Gasteiger partial charge in [-0.2, -0.15) is 0 Å². The lowest BCUT2D eigenvalue weighted by Gasteiger charge is -2.34. The number of rotatable bonds is 6. The third-order valence-electron chi connectivity index (χ3n) is 4.53. The molecule has 2 heterocycles. The van der Waals surface area contributed by atoms with E-state index >= 15 is 0 Å². The van der Waals surface area contributed by atoms with Gasteiger partial charge in [0.05, 0.1) is 5.69 Å². The second-order valence-corrected chi connectivity index (χ2v) is 6.85. The topological polar surface area (TPSA) is 32.5 Å². The van der Waals surface area contributed by atoms with Crippen molar-refractivity contribution in [1.29, 1.82) is 0 Å². The van der Waals surface area contributed by atoms with Crippen LogP contribution in [0.3, 0.4) is 0 Å². The summed E-state index contributed by atoms with van der Waals surface area (Å²) in [5.74, 6) is 1.63. The number of hydrogen-bond acceptors (Lipinski definition) is 4. The molecule has 1 aliphatic heterocycles. The molecule has 0 bridgehead atoms. The molecule has 1 saturated heterocycles. The summed E-state index contributed by atoms with van der Waals surface area (Å²) in [5, 5.41) is 4.09. The lowest BCUT2D eigenvalue weighted by molar-refractivity contribution is 0.135. The second-order valence-electron chi connectivity index (χ2n) is 6.85. The van der Waals surface area contributed by atoms with Crippen LogP contribution in [0.4, 0.5) is 0 Å². The largest absolute Gasteiger partial charge is 0.361 e. The zero-order chi connectivity index (χ0) is 16.1. The van der Waals surface area contributed by atoms with Gasteiger partial charge in [0.1, 0.15) is 5.76 Å². The van der Waals surface area contributed by atoms with E-state index in [9.17, 15) is 0 Å². The summed E-state index contributed by atoms with van der Waals surface area (Å²) < 4.78 is 5.15. The van der Waals surface area contributed by atoms with Crippen molar-refractivity contribution in [2.75, 3.05) is 26.7 Å². The van der Waals surface area contributed by atoms with E-state index < -0.39 is 0 Å². The molecule has 0 radical (unpaired) electrons. The normalized spacial score (nSPS) is 19.3. The summed E-state index contributed by atoms with van der Waals surface area (Å²) in [6, 6.07) is 12.8. The fourth-order valence-electron chi connectivity index (χ4n) is 3.56. The quantitative estimate of drug-likeness (QED) is 0.819. The van der Waals surface area contributed by atoms with Crippen LogP contribution in [0.5, 0.6) is 0 Å². The van der Waals surface area contributed by atoms with Crippen molar-refractivity contribution in [1.82, 2.24) is 15.0 Å². The first kappa shape index (κ1) is 16.2. The molecule has 124 valence electrons. The maximum absolute atomic E-state index is 5.15. The number of aromatic nitrogens is 1. The highest BCUT2D eigenvalue weighted by Gasteiger charge is 2.21. The van der Waals surface area contributed by atoms with Gasteiger partial charge >= 0.3 is 0 Å². The highest BCUT2D eigenvalue weighted by atomic mass is 16.5. The molecule has 3 rings (SSSR count). The third-order valence-corrected chi connectivity index (χ3v) is 4.53. The van der Waals surface area contributed by atoms with E-state index in [4.69, 9.17) is 4.52 Å². The Morgan fingerprint density at radius 2 is 2.13 bits per heavy atom. The molecular formula is C19H27N3O. The molecular weight excluding hydrogens is 286 g/mol. The lowest BCUT2D eigenvalue weighted by atomic mass is 9.97. The summed E-state index contributed by atoms with van der Waals surface area (Å²) in [7, 11) is 2.18. The van der Waals surface area contributed by atoms with E-state index in [1.165, 1.54) is 31.5 Å². The monoisotopic (exact) mass is 313 g/mol. The van der Waals surface area contributed by atoms with Gasteiger partial charge in [0.15, 0.2) is 0 Å². The fourth-order valence-corrected chi connectivity index (χ4v) is 3.56. The minimum absolute atomic E-state index is 0.741. The lowest BCUT2D eigenvalue weighted by Crippen LogP contribution is -2.39. The number of nitrogens with zero attached hydrogens (tertiary/aromatic N) is 3. The highest BCUT2D eigenvalue weighted by molar-refractivity contribution is 5.14. The molecule has 0 saturated carbocycles. The molecule has 2 aromatic rings. The maximum Gasteiger partial charge on any atom is 0.133 e. The van der Waals surface area contributed by atoms with Crippen LogP contribution in [-0.4, -0.2) is 41.6 Å². The minimum atomic E-state index is 0.741. The molecule has 23 heavy (non-hydrogen) atoms. The van der Waals surface area contributed by atoms with Gasteiger partial charge in [-0.25, -0.2) is 0 Å². The van der Waals surface area contributed by atoms with Gasteiger partial charge in [-0.1, -0.05) is 35.5 Å². The van der Waals surface area contributed by atoms with E-state index in [1.54, 1.807) is 0 Å². The number of aryl methyl sites for hydroxylation is 1. The van der Waals surface area contributed by atoms with Crippen LogP contribution in [-0.2, 0) is 13.1 Å². The van der Waals surface area contributed by atoms with Gasteiger partial charge in [0, 0.05) is 32.2 Å². The van der Waals surface area contributed by atoms with E-state index in [0.29, 0.717) is 0 Å². The molecule has 0 N–H and O–H groups in total. The molecule has 1 unspecified atom stereocenters. The second kappa shape index (κ2) is 7.75. The molecule has 0 spiro atoms. The Morgan fingerprint density at radius 1 is 1.30 bits per heavy atom. The average Bonchev–Trinajstić information content (AvgIpc) is 2.93. The van der Waals surface area contributed by atoms with Crippen molar-refractivity contribution in [3.05, 3.63) is 53.4 Å². The zero-order valence-electron chi connectivity index (χ0n) is 14.2. The molecule has 4 nitrogen and oxygen atoms in total. The highest BCUT2D eigenvalue weighted by Crippen LogP contribution is 2.20. The Kier molecular flexibility index (Phi) is 5.47. The predicted octanol–water partition coefficient (Wildman–Crippen LogP) is 3.33. The number of piperidine rings is 1. The summed E-state index contributed by atoms with van der Waals surface area (Å²) in [4.78, 5) is 4.96. The molecule has 1 aromatic carbocycles. The molecule has 4 heteroatoms. The number of likely N-dealkylation sites (tertiary alicyclic amines) is 1. The first-order chi connectivity index (χ1) is 11.2. The van der Waals surface area contributed by atoms with Crippen LogP contribution in [0.25, 0.3) is 0 Å². The maximum atomic E-state index is 5.15. The van der Waals surface area contributed by atoms with Crippen molar-refractivity contribution in [2.24, 2.45) is 5.92 Å². The molecule has 0 amide bonds. The molecule has 1 aromatic heterocycles. The Labute approximate surface area is 139 Å². The van der Waals surface area contributed by atoms with Crippen molar-refractivity contribution in [3.63, 3.8) is 0 Å². The fraction of sp³-hybridized carbons (Fsp3) is 0.526. The van der Waals surface area contributed by atoms with Crippen LogP contribution >= 0.6 is 0 Å². The minimum Gasteiger partial charge on any atom is -0.361 e.